The molecule has 0 aliphatic heterocycles. The zero-order valence-electron chi connectivity index (χ0n) is 11.7. The maximum atomic E-state index is 10.2. The van der Waals surface area contributed by atoms with Gasteiger partial charge in [0.1, 0.15) is 0 Å². The lowest BCUT2D eigenvalue weighted by Crippen LogP contribution is -2.06. The van der Waals surface area contributed by atoms with E-state index in [1.165, 1.54) is 0 Å². The molecule has 0 fully saturated rings. The van der Waals surface area contributed by atoms with Crippen molar-refractivity contribution < 1.29 is 39.4 Å². The van der Waals surface area contributed by atoms with Gasteiger partial charge in [0.15, 0.2) is 0 Å². The molecule has 3 N–H and O–H groups in total. The van der Waals surface area contributed by atoms with Crippen molar-refractivity contribution in [1.29, 1.82) is 0 Å². The van der Waals surface area contributed by atoms with E-state index in [0.717, 1.165) is 5.56 Å². The van der Waals surface area contributed by atoms with E-state index in [-0.39, 0.29) is 17.4 Å². The van der Waals surface area contributed by atoms with E-state index in [9.17, 15) is 16.8 Å². The molecule has 15 heteroatoms. The normalized spacial score (nSPS) is 12.7. The first-order valence-corrected chi connectivity index (χ1v) is 9.26. The van der Waals surface area contributed by atoms with Crippen LogP contribution in [0.25, 0.3) is 0 Å². The molecule has 24 heavy (non-hydrogen) atoms. The summed E-state index contributed by atoms with van der Waals surface area (Å²) < 4.78 is 64.6. The minimum absolute atomic E-state index is 0.242. The summed E-state index contributed by atoms with van der Waals surface area (Å²) in [5.41, 5.74) is 0.907. The third-order valence-electron chi connectivity index (χ3n) is 1.93. The van der Waals surface area contributed by atoms with Crippen LogP contribution in [0.15, 0.2) is 24.5 Å². The van der Waals surface area contributed by atoms with Crippen LogP contribution < -0.4 is 8.37 Å². The Morgan fingerprint density at radius 3 is 1.71 bits per heavy atom. The second-order valence-electron chi connectivity index (χ2n) is 3.81. The Hall–Kier alpha value is -1.91. The Morgan fingerprint density at radius 1 is 1.00 bits per heavy atom. The monoisotopic (exact) mass is 401 g/mol. The SMILES string of the molecule is CC(O)c1ccncc1.O=S(=O)(O)Oc1nnc(OS(=O)(=O)O)s1. The van der Waals surface area contributed by atoms with Crippen LogP contribution in [0, 0.1) is 0 Å². The lowest BCUT2D eigenvalue weighted by Gasteiger charge is -2.00. The Labute approximate surface area is 140 Å². The summed E-state index contributed by atoms with van der Waals surface area (Å²) in [5, 5.41) is 13.6. The first-order valence-electron chi connectivity index (χ1n) is 5.71. The third-order valence-corrected chi connectivity index (χ3v) is 3.56. The molecule has 0 aliphatic rings. The molecule has 0 spiro atoms. The second-order valence-corrected chi connectivity index (χ2v) is 6.76. The Bertz CT molecular complexity index is 800. The van der Waals surface area contributed by atoms with Gasteiger partial charge in [-0.25, -0.2) is 0 Å². The van der Waals surface area contributed by atoms with Crippen molar-refractivity contribution in [3.05, 3.63) is 30.1 Å². The maximum Gasteiger partial charge on any atom is 0.448 e. The maximum absolute atomic E-state index is 10.2. The molecule has 0 amide bonds. The molecule has 2 heterocycles. The molecule has 2 aromatic heterocycles. The highest BCUT2D eigenvalue weighted by molar-refractivity contribution is 7.81. The van der Waals surface area contributed by atoms with Crippen LogP contribution in [0.5, 0.6) is 10.4 Å². The minimum Gasteiger partial charge on any atom is -0.389 e. The molecular weight excluding hydrogens is 390 g/mol. The molecule has 0 aliphatic carbocycles. The number of hydrogen-bond donors (Lipinski definition) is 3. The quantitative estimate of drug-likeness (QED) is 0.572. The van der Waals surface area contributed by atoms with E-state index in [4.69, 9.17) is 14.2 Å². The topological polar surface area (TPSA) is 186 Å². The summed E-state index contributed by atoms with van der Waals surface area (Å²) in [6.45, 7) is 1.73. The van der Waals surface area contributed by atoms with E-state index in [0.29, 0.717) is 0 Å². The fourth-order valence-corrected chi connectivity index (χ4v) is 2.61. The Kier molecular flexibility index (Phi) is 6.93. The molecule has 134 valence electrons. The first kappa shape index (κ1) is 20.1. The lowest BCUT2D eigenvalue weighted by atomic mass is 10.2. The van der Waals surface area contributed by atoms with Gasteiger partial charge in [-0.05, 0) is 36.0 Å². The number of aliphatic hydroxyl groups excluding tert-OH is 1. The Balaban J connectivity index is 0.000000272. The van der Waals surface area contributed by atoms with E-state index >= 15 is 0 Å². The summed E-state index contributed by atoms with van der Waals surface area (Å²) >= 11 is 0.242. The number of nitrogens with zero attached hydrogens (tertiary/aromatic N) is 3. The predicted octanol–water partition coefficient (Wildman–Crippen LogP) is 0.0362. The van der Waals surface area contributed by atoms with Crippen molar-refractivity contribution in [3.8, 4) is 10.4 Å². The predicted molar refractivity (Wildman–Crippen MR) is 79.1 cm³/mol. The molecular formula is C9H11N3O9S3. The highest BCUT2D eigenvalue weighted by Gasteiger charge is 2.16. The molecule has 1 unspecified atom stereocenters. The number of pyridine rings is 1. The van der Waals surface area contributed by atoms with Crippen molar-refractivity contribution in [2.75, 3.05) is 0 Å². The molecule has 0 saturated carbocycles. The van der Waals surface area contributed by atoms with Crippen molar-refractivity contribution >= 4 is 32.1 Å². The van der Waals surface area contributed by atoms with E-state index in [1.54, 1.807) is 31.5 Å². The van der Waals surface area contributed by atoms with Gasteiger partial charge in [-0.15, -0.1) is 0 Å². The number of hydrogen-bond acceptors (Lipinski definition) is 11. The minimum atomic E-state index is -4.77. The molecule has 2 rings (SSSR count). The number of aromatic nitrogens is 3. The zero-order valence-corrected chi connectivity index (χ0v) is 14.2. The molecule has 1 atom stereocenters. The first-order chi connectivity index (χ1) is 11.0. The van der Waals surface area contributed by atoms with E-state index in [1.807, 2.05) is 0 Å². The molecule has 0 radical (unpaired) electrons. The molecule has 0 aromatic carbocycles. The highest BCUT2D eigenvalue weighted by Crippen LogP contribution is 2.25. The summed E-state index contributed by atoms with van der Waals surface area (Å²) in [4.78, 5) is 3.82. The van der Waals surface area contributed by atoms with Gasteiger partial charge in [0, 0.05) is 12.4 Å². The molecule has 12 nitrogen and oxygen atoms in total. The van der Waals surface area contributed by atoms with Gasteiger partial charge < -0.3 is 13.5 Å². The molecule has 2 aromatic rings. The van der Waals surface area contributed by atoms with Crippen molar-refractivity contribution in [2.45, 2.75) is 13.0 Å². The molecule has 0 saturated heterocycles. The van der Waals surface area contributed by atoms with Crippen LogP contribution in [0.4, 0.5) is 0 Å². The second kappa shape index (κ2) is 8.27. The highest BCUT2D eigenvalue weighted by atomic mass is 32.3. The average Bonchev–Trinajstić information content (AvgIpc) is 2.83. The fraction of sp³-hybridized carbons (Fsp3) is 0.222. The van der Waals surface area contributed by atoms with Crippen LogP contribution in [-0.4, -0.2) is 46.2 Å². The largest absolute Gasteiger partial charge is 0.448 e. The van der Waals surface area contributed by atoms with Crippen LogP contribution in [0.2, 0.25) is 0 Å². The number of rotatable bonds is 5. The number of aliphatic hydroxyl groups is 1. The van der Waals surface area contributed by atoms with Crippen LogP contribution in [0.1, 0.15) is 18.6 Å². The summed E-state index contributed by atoms with van der Waals surface area (Å²) in [7, 11) is -9.53. The van der Waals surface area contributed by atoms with Crippen LogP contribution >= 0.6 is 11.3 Å². The smallest absolute Gasteiger partial charge is 0.389 e. The van der Waals surface area contributed by atoms with Crippen molar-refractivity contribution in [1.82, 2.24) is 15.2 Å². The fourth-order valence-electron chi connectivity index (χ4n) is 1.09. The van der Waals surface area contributed by atoms with Gasteiger partial charge in [-0.1, -0.05) is 10.2 Å². The molecule has 0 bridgehead atoms. The third kappa shape index (κ3) is 8.65. The van der Waals surface area contributed by atoms with Gasteiger partial charge in [0.2, 0.25) is 0 Å². The zero-order chi connectivity index (χ0) is 18.4. The summed E-state index contributed by atoms with van der Waals surface area (Å²) in [6.07, 6.45) is 2.96. The summed E-state index contributed by atoms with van der Waals surface area (Å²) in [5.74, 6) is 0. The van der Waals surface area contributed by atoms with Gasteiger partial charge in [-0.2, -0.15) is 16.8 Å². The van der Waals surface area contributed by atoms with Gasteiger partial charge in [-0.3, -0.25) is 14.1 Å². The van der Waals surface area contributed by atoms with Crippen molar-refractivity contribution in [3.63, 3.8) is 0 Å². The standard InChI is InChI=1S/C7H9NO.C2H2N2O8S3/c1-6(9)7-2-4-8-5-3-7;5-14(6,7)11-1-3-4-2(13-1)12-15(8,9)10/h2-6,9H,1H3;(H,5,6,7)(H,8,9,10). The van der Waals surface area contributed by atoms with E-state index in [2.05, 4.69) is 23.5 Å². The lowest BCUT2D eigenvalue weighted by molar-refractivity contribution is 0.199. The summed E-state index contributed by atoms with van der Waals surface area (Å²) in [6, 6.07) is 3.59. The average molecular weight is 401 g/mol. The van der Waals surface area contributed by atoms with Crippen LogP contribution in [0.3, 0.4) is 0 Å². The van der Waals surface area contributed by atoms with Crippen molar-refractivity contribution in [2.24, 2.45) is 0 Å². The Morgan fingerprint density at radius 2 is 1.42 bits per heavy atom. The van der Waals surface area contributed by atoms with Gasteiger partial charge in [0.25, 0.3) is 0 Å². The van der Waals surface area contributed by atoms with Crippen LogP contribution in [-0.2, 0) is 20.8 Å². The van der Waals surface area contributed by atoms with E-state index < -0.39 is 31.2 Å². The van der Waals surface area contributed by atoms with Gasteiger partial charge in [0.05, 0.1) is 6.10 Å². The van der Waals surface area contributed by atoms with Gasteiger partial charge >= 0.3 is 31.2 Å².